The molecule has 0 saturated carbocycles. The molecular formula is C17H20N4O4. The maximum atomic E-state index is 12.3. The molecule has 1 heterocycles. The number of benzene rings is 1. The zero-order chi connectivity index (χ0) is 18.1. The van der Waals surface area contributed by atoms with Crippen LogP contribution in [0.2, 0.25) is 0 Å². The first-order valence-corrected chi connectivity index (χ1v) is 7.77. The molecule has 25 heavy (non-hydrogen) atoms. The first kappa shape index (κ1) is 18.3. The van der Waals surface area contributed by atoms with Crippen LogP contribution in [0.5, 0.6) is 0 Å². The fourth-order valence-electron chi connectivity index (χ4n) is 1.96. The van der Waals surface area contributed by atoms with Crippen molar-refractivity contribution >= 4 is 23.4 Å². The third kappa shape index (κ3) is 5.54. The van der Waals surface area contributed by atoms with Crippen LogP contribution in [0, 0.1) is 0 Å². The number of aromatic nitrogens is 2. The number of hydrogen-bond acceptors (Lipinski definition) is 7. The van der Waals surface area contributed by atoms with Crippen LogP contribution in [-0.4, -0.2) is 48.7 Å². The van der Waals surface area contributed by atoms with E-state index in [1.165, 1.54) is 6.33 Å². The third-order valence-corrected chi connectivity index (χ3v) is 3.17. The second kappa shape index (κ2) is 9.33. The Morgan fingerprint density at radius 3 is 2.60 bits per heavy atom. The normalized spacial score (nSPS) is 10.2. The number of carbonyl (C=O) groups is 2. The molecule has 8 nitrogen and oxygen atoms in total. The minimum absolute atomic E-state index is 0.226. The van der Waals surface area contributed by atoms with Gasteiger partial charge in [0.2, 0.25) is 0 Å². The van der Waals surface area contributed by atoms with E-state index in [9.17, 15) is 9.59 Å². The highest BCUT2D eigenvalue weighted by Gasteiger charge is 2.10. The molecule has 2 N–H and O–H groups in total. The smallest absolute Gasteiger partial charge is 0.338 e. The lowest BCUT2D eigenvalue weighted by molar-refractivity contribution is 0.0526. The van der Waals surface area contributed by atoms with Gasteiger partial charge in [-0.15, -0.1) is 0 Å². The highest BCUT2D eigenvalue weighted by molar-refractivity contribution is 6.03. The fraction of sp³-hybridized carbons (Fsp3) is 0.294. The molecule has 0 aliphatic carbocycles. The Hall–Kier alpha value is -3.00. The monoisotopic (exact) mass is 344 g/mol. The fourth-order valence-corrected chi connectivity index (χ4v) is 1.96. The number of methoxy groups -OCH3 is 1. The number of rotatable bonds is 8. The predicted octanol–water partition coefficient (Wildman–Crippen LogP) is 1.96. The van der Waals surface area contributed by atoms with Crippen LogP contribution in [-0.2, 0) is 9.47 Å². The van der Waals surface area contributed by atoms with Gasteiger partial charge in [-0.1, -0.05) is 0 Å². The Morgan fingerprint density at radius 1 is 1.16 bits per heavy atom. The number of anilines is 2. The summed E-state index contributed by atoms with van der Waals surface area (Å²) >= 11 is 0. The Kier molecular flexibility index (Phi) is 6.85. The second-order valence-corrected chi connectivity index (χ2v) is 4.96. The average molecular weight is 344 g/mol. The van der Waals surface area contributed by atoms with Gasteiger partial charge in [-0.25, -0.2) is 14.8 Å². The van der Waals surface area contributed by atoms with Gasteiger partial charge in [0.15, 0.2) is 0 Å². The molecule has 2 aromatic rings. The van der Waals surface area contributed by atoms with Gasteiger partial charge in [-0.05, 0) is 31.2 Å². The van der Waals surface area contributed by atoms with Gasteiger partial charge >= 0.3 is 5.97 Å². The Balaban J connectivity index is 1.99. The molecule has 0 aliphatic heterocycles. The van der Waals surface area contributed by atoms with Crippen LogP contribution in [0.15, 0.2) is 36.7 Å². The molecule has 1 aromatic carbocycles. The molecule has 0 atom stereocenters. The van der Waals surface area contributed by atoms with E-state index in [0.717, 1.165) is 0 Å². The van der Waals surface area contributed by atoms with Crippen molar-refractivity contribution < 1.29 is 19.1 Å². The van der Waals surface area contributed by atoms with Crippen molar-refractivity contribution in [2.24, 2.45) is 0 Å². The average Bonchev–Trinajstić information content (AvgIpc) is 2.63. The minimum Gasteiger partial charge on any atom is -0.462 e. The molecular weight excluding hydrogens is 324 g/mol. The first-order valence-electron chi connectivity index (χ1n) is 7.77. The number of nitrogens with one attached hydrogen (secondary N) is 2. The largest absolute Gasteiger partial charge is 0.462 e. The molecule has 0 radical (unpaired) electrons. The summed E-state index contributed by atoms with van der Waals surface area (Å²) in [6.45, 7) is 3.15. The van der Waals surface area contributed by atoms with Crippen molar-refractivity contribution in [1.29, 1.82) is 0 Å². The maximum Gasteiger partial charge on any atom is 0.338 e. The number of ether oxygens (including phenoxy) is 2. The van der Waals surface area contributed by atoms with Gasteiger partial charge in [0.1, 0.15) is 17.8 Å². The van der Waals surface area contributed by atoms with E-state index in [1.54, 1.807) is 44.4 Å². The summed E-state index contributed by atoms with van der Waals surface area (Å²) in [6.07, 6.45) is 1.31. The molecule has 132 valence electrons. The molecule has 0 fully saturated rings. The van der Waals surface area contributed by atoms with Crippen molar-refractivity contribution in [2.75, 3.05) is 37.5 Å². The van der Waals surface area contributed by atoms with Crippen molar-refractivity contribution in [3.8, 4) is 0 Å². The lowest BCUT2D eigenvalue weighted by Gasteiger charge is -2.08. The second-order valence-electron chi connectivity index (χ2n) is 4.96. The molecule has 1 amide bonds. The Morgan fingerprint density at radius 2 is 1.92 bits per heavy atom. The summed E-state index contributed by atoms with van der Waals surface area (Å²) < 4.78 is 9.86. The molecule has 1 aromatic heterocycles. The van der Waals surface area contributed by atoms with E-state index in [-0.39, 0.29) is 11.6 Å². The van der Waals surface area contributed by atoms with E-state index in [2.05, 4.69) is 20.6 Å². The van der Waals surface area contributed by atoms with Crippen LogP contribution in [0.1, 0.15) is 27.8 Å². The molecule has 8 heteroatoms. The van der Waals surface area contributed by atoms with E-state index < -0.39 is 5.97 Å². The van der Waals surface area contributed by atoms with Gasteiger partial charge in [0.25, 0.3) is 5.91 Å². The highest BCUT2D eigenvalue weighted by Crippen LogP contribution is 2.12. The molecule has 0 saturated heterocycles. The Bertz CT molecular complexity index is 719. The van der Waals surface area contributed by atoms with Crippen molar-refractivity contribution in [3.63, 3.8) is 0 Å². The molecule has 2 rings (SSSR count). The van der Waals surface area contributed by atoms with Gasteiger partial charge in [-0.2, -0.15) is 0 Å². The number of hydrogen-bond donors (Lipinski definition) is 2. The van der Waals surface area contributed by atoms with Gasteiger partial charge < -0.3 is 20.1 Å². The van der Waals surface area contributed by atoms with E-state index >= 15 is 0 Å². The van der Waals surface area contributed by atoms with Crippen LogP contribution in [0.4, 0.5) is 11.5 Å². The summed E-state index contributed by atoms with van der Waals surface area (Å²) in [4.78, 5) is 31.9. The standard InChI is InChI=1S/C17H20N4O4/c1-3-25-17(23)12-4-6-13(7-5-12)21-16(22)14-10-15(20-11-19-14)18-8-9-24-2/h4-7,10-11H,3,8-9H2,1-2H3,(H,21,22)(H,18,19,20). The lowest BCUT2D eigenvalue weighted by Crippen LogP contribution is -2.15. The SMILES string of the molecule is CCOC(=O)c1ccc(NC(=O)c2cc(NCCOC)ncn2)cc1. The van der Waals surface area contributed by atoms with Crippen molar-refractivity contribution in [2.45, 2.75) is 6.92 Å². The molecule has 0 bridgehead atoms. The molecule has 0 aliphatic rings. The summed E-state index contributed by atoms with van der Waals surface area (Å²) in [6, 6.07) is 7.99. The molecule has 0 unspecified atom stereocenters. The van der Waals surface area contributed by atoms with Crippen LogP contribution in [0.3, 0.4) is 0 Å². The summed E-state index contributed by atoms with van der Waals surface area (Å²) in [5.74, 6) is -0.237. The zero-order valence-corrected chi connectivity index (χ0v) is 14.1. The summed E-state index contributed by atoms with van der Waals surface area (Å²) in [7, 11) is 1.60. The van der Waals surface area contributed by atoms with Crippen molar-refractivity contribution in [1.82, 2.24) is 9.97 Å². The first-order chi connectivity index (χ1) is 12.1. The van der Waals surface area contributed by atoms with E-state index in [4.69, 9.17) is 9.47 Å². The van der Waals surface area contributed by atoms with Crippen molar-refractivity contribution in [3.05, 3.63) is 47.9 Å². The van der Waals surface area contributed by atoms with Gasteiger partial charge in [0, 0.05) is 25.4 Å². The summed E-state index contributed by atoms with van der Waals surface area (Å²) in [5, 5.41) is 5.75. The number of carbonyl (C=O) groups excluding carboxylic acids is 2. The topological polar surface area (TPSA) is 102 Å². The zero-order valence-electron chi connectivity index (χ0n) is 14.1. The molecule has 0 spiro atoms. The number of amides is 1. The maximum absolute atomic E-state index is 12.3. The number of esters is 1. The third-order valence-electron chi connectivity index (χ3n) is 3.17. The number of nitrogens with zero attached hydrogens (tertiary/aromatic N) is 2. The lowest BCUT2D eigenvalue weighted by atomic mass is 10.2. The highest BCUT2D eigenvalue weighted by atomic mass is 16.5. The summed E-state index contributed by atoms with van der Waals surface area (Å²) in [5.41, 5.74) is 1.20. The Labute approximate surface area is 145 Å². The van der Waals surface area contributed by atoms with E-state index in [1.807, 2.05) is 0 Å². The predicted molar refractivity (Wildman–Crippen MR) is 92.7 cm³/mol. The van der Waals surface area contributed by atoms with Crippen LogP contribution < -0.4 is 10.6 Å². The van der Waals surface area contributed by atoms with Crippen LogP contribution in [0.25, 0.3) is 0 Å². The van der Waals surface area contributed by atoms with Gasteiger partial charge in [0.05, 0.1) is 18.8 Å². The minimum atomic E-state index is -0.400. The van der Waals surface area contributed by atoms with E-state index in [0.29, 0.717) is 36.8 Å². The van der Waals surface area contributed by atoms with Gasteiger partial charge in [-0.3, -0.25) is 4.79 Å². The van der Waals surface area contributed by atoms with Crippen LogP contribution >= 0.6 is 0 Å². The quantitative estimate of drug-likeness (QED) is 0.557.